The molecule has 3 aliphatic carbocycles. The van der Waals surface area contributed by atoms with Gasteiger partial charge in [0.25, 0.3) is 0 Å². The average Bonchev–Trinajstić information content (AvgIpc) is 3.06. The van der Waals surface area contributed by atoms with E-state index in [9.17, 15) is 9.50 Å². The van der Waals surface area contributed by atoms with Gasteiger partial charge in [-0.3, -0.25) is 0 Å². The molecule has 3 aliphatic rings. The Labute approximate surface area is 181 Å². The first-order valence-corrected chi connectivity index (χ1v) is 11.2. The van der Waals surface area contributed by atoms with Gasteiger partial charge in [0.15, 0.2) is 0 Å². The molecule has 2 saturated carbocycles. The van der Waals surface area contributed by atoms with Gasteiger partial charge < -0.3 is 5.11 Å². The van der Waals surface area contributed by atoms with E-state index in [1.807, 2.05) is 12.1 Å². The minimum atomic E-state index is -0.380. The van der Waals surface area contributed by atoms with Crippen LogP contribution >= 0.6 is 11.6 Å². The SMILES string of the molecule is C[C@@]12CC[C@@H]3c4ccc(O)cc4CC[C@@H]3[C@@H]1CC/C2=N/N=C\c1c(F)cccc1Cl. The largest absolute Gasteiger partial charge is 0.508 e. The van der Waals surface area contributed by atoms with Crippen LogP contribution in [0.4, 0.5) is 4.39 Å². The fourth-order valence-corrected chi connectivity index (χ4v) is 6.52. The van der Waals surface area contributed by atoms with Crippen molar-refractivity contribution >= 4 is 23.5 Å². The lowest BCUT2D eigenvalue weighted by Gasteiger charge is -2.49. The first-order valence-electron chi connectivity index (χ1n) is 10.8. The highest BCUT2D eigenvalue weighted by Gasteiger charge is 2.53. The van der Waals surface area contributed by atoms with Crippen LogP contribution in [0.3, 0.4) is 0 Å². The number of aryl methyl sites for hydroxylation is 1. The number of fused-ring (bicyclic) bond motifs is 5. The van der Waals surface area contributed by atoms with Crippen LogP contribution in [0.2, 0.25) is 5.02 Å². The number of hydrogen-bond donors (Lipinski definition) is 1. The number of benzene rings is 2. The zero-order valence-corrected chi connectivity index (χ0v) is 17.9. The number of rotatable bonds is 2. The van der Waals surface area contributed by atoms with Crippen LogP contribution in [0.25, 0.3) is 0 Å². The Bertz CT molecular complexity index is 1030. The van der Waals surface area contributed by atoms with Gasteiger partial charge in [0, 0.05) is 16.7 Å². The molecule has 5 heteroatoms. The number of hydrogen-bond acceptors (Lipinski definition) is 3. The summed E-state index contributed by atoms with van der Waals surface area (Å²) in [4.78, 5) is 0. The molecule has 0 unspecified atom stereocenters. The van der Waals surface area contributed by atoms with E-state index in [0.717, 1.165) is 37.8 Å². The molecule has 2 aromatic rings. The van der Waals surface area contributed by atoms with Gasteiger partial charge in [-0.1, -0.05) is 30.7 Å². The molecule has 4 atom stereocenters. The number of halogens is 2. The molecule has 5 rings (SSSR count). The van der Waals surface area contributed by atoms with Crippen molar-refractivity contribution in [3.05, 3.63) is 63.9 Å². The van der Waals surface area contributed by atoms with Gasteiger partial charge in [-0.25, -0.2) is 4.39 Å². The second kappa shape index (κ2) is 7.49. The van der Waals surface area contributed by atoms with Gasteiger partial charge in [0.1, 0.15) is 11.6 Å². The van der Waals surface area contributed by atoms with Gasteiger partial charge in [-0.15, -0.1) is 0 Å². The fraction of sp³-hybridized carbons (Fsp3) is 0.440. The second-order valence-electron chi connectivity index (χ2n) is 9.22. The standard InChI is InChI=1S/C25H26ClFN2O/c1-25-12-11-18-17-8-6-16(30)13-15(17)5-7-19(18)21(25)9-10-24(25)29-28-14-20-22(26)3-2-4-23(20)27/h2-4,6,8,13-14,18-19,21,30H,5,7,9-12H2,1H3/b28-14-,29-24-/t18-,19+,21+,25-/m1/s1. The minimum absolute atomic E-state index is 0.0615. The molecule has 3 nitrogen and oxygen atoms in total. The quantitative estimate of drug-likeness (QED) is 0.433. The van der Waals surface area contributed by atoms with Crippen molar-refractivity contribution in [2.24, 2.45) is 27.5 Å². The number of phenols is 1. The van der Waals surface area contributed by atoms with E-state index >= 15 is 0 Å². The third-order valence-corrected chi connectivity index (χ3v) is 8.15. The molecule has 2 aromatic carbocycles. The second-order valence-corrected chi connectivity index (χ2v) is 9.63. The Morgan fingerprint density at radius 1 is 1.17 bits per heavy atom. The lowest BCUT2D eigenvalue weighted by atomic mass is 9.55. The Hall–Kier alpha value is -2.20. The molecule has 156 valence electrons. The van der Waals surface area contributed by atoms with Crippen molar-refractivity contribution in [3.8, 4) is 5.75 Å². The van der Waals surface area contributed by atoms with Crippen molar-refractivity contribution in [1.82, 2.24) is 0 Å². The van der Waals surface area contributed by atoms with Crippen LogP contribution < -0.4 is 0 Å². The Kier molecular flexibility index (Phi) is 4.93. The fourth-order valence-electron chi connectivity index (χ4n) is 6.31. The van der Waals surface area contributed by atoms with E-state index in [0.29, 0.717) is 34.1 Å². The molecule has 0 amide bonds. The summed E-state index contributed by atoms with van der Waals surface area (Å²) in [5.74, 6) is 1.82. The van der Waals surface area contributed by atoms with Crippen molar-refractivity contribution < 1.29 is 9.50 Å². The zero-order valence-electron chi connectivity index (χ0n) is 17.1. The van der Waals surface area contributed by atoms with E-state index in [2.05, 4.69) is 23.2 Å². The Morgan fingerprint density at radius 2 is 2.03 bits per heavy atom. The lowest BCUT2D eigenvalue weighted by molar-refractivity contribution is 0.0955. The van der Waals surface area contributed by atoms with Crippen molar-refractivity contribution in [1.29, 1.82) is 0 Å². The molecular formula is C25H26ClFN2O. The Morgan fingerprint density at radius 3 is 2.87 bits per heavy atom. The third kappa shape index (κ3) is 3.17. The van der Waals surface area contributed by atoms with Crippen LogP contribution in [0.15, 0.2) is 46.6 Å². The highest BCUT2D eigenvalue weighted by molar-refractivity contribution is 6.33. The molecule has 30 heavy (non-hydrogen) atoms. The maximum atomic E-state index is 14.0. The lowest BCUT2D eigenvalue weighted by Crippen LogP contribution is -2.42. The van der Waals surface area contributed by atoms with E-state index < -0.39 is 0 Å². The summed E-state index contributed by atoms with van der Waals surface area (Å²) in [6.45, 7) is 2.34. The molecule has 0 spiro atoms. The van der Waals surface area contributed by atoms with Crippen molar-refractivity contribution in [2.75, 3.05) is 0 Å². The molecule has 1 N–H and O–H groups in total. The number of nitrogens with zero attached hydrogens (tertiary/aromatic N) is 2. The summed E-state index contributed by atoms with van der Waals surface area (Å²) in [6.07, 6.45) is 7.97. The monoisotopic (exact) mass is 424 g/mol. The molecule has 0 heterocycles. The van der Waals surface area contributed by atoms with Gasteiger partial charge >= 0.3 is 0 Å². The predicted molar refractivity (Wildman–Crippen MR) is 119 cm³/mol. The number of aromatic hydroxyl groups is 1. The van der Waals surface area contributed by atoms with Gasteiger partial charge in [0.2, 0.25) is 0 Å². The van der Waals surface area contributed by atoms with Crippen LogP contribution in [-0.2, 0) is 6.42 Å². The van der Waals surface area contributed by atoms with Crippen molar-refractivity contribution in [2.45, 2.75) is 51.4 Å². The van der Waals surface area contributed by atoms with E-state index in [-0.39, 0.29) is 11.2 Å². The molecule has 2 fully saturated rings. The maximum absolute atomic E-state index is 14.0. The van der Waals surface area contributed by atoms with Gasteiger partial charge in [-0.2, -0.15) is 10.2 Å². The highest BCUT2D eigenvalue weighted by Crippen LogP contribution is 2.60. The Balaban J connectivity index is 1.40. The molecule has 0 aromatic heterocycles. The van der Waals surface area contributed by atoms with Crippen LogP contribution in [0, 0.1) is 23.1 Å². The summed E-state index contributed by atoms with van der Waals surface area (Å²) in [7, 11) is 0. The summed E-state index contributed by atoms with van der Waals surface area (Å²) >= 11 is 6.09. The summed E-state index contributed by atoms with van der Waals surface area (Å²) in [5, 5.41) is 19.0. The molecule has 0 radical (unpaired) electrons. The van der Waals surface area contributed by atoms with Crippen LogP contribution in [0.1, 0.15) is 61.6 Å². The molecule has 0 saturated heterocycles. The summed E-state index contributed by atoms with van der Waals surface area (Å²) in [6, 6.07) is 10.5. The highest BCUT2D eigenvalue weighted by atomic mass is 35.5. The average molecular weight is 425 g/mol. The molecule has 0 aliphatic heterocycles. The van der Waals surface area contributed by atoms with E-state index in [1.165, 1.54) is 29.8 Å². The van der Waals surface area contributed by atoms with Crippen molar-refractivity contribution in [3.63, 3.8) is 0 Å². The normalized spacial score (nSPS) is 31.6. The van der Waals surface area contributed by atoms with E-state index in [4.69, 9.17) is 11.6 Å². The third-order valence-electron chi connectivity index (χ3n) is 7.82. The predicted octanol–water partition coefficient (Wildman–Crippen LogP) is 6.52. The summed E-state index contributed by atoms with van der Waals surface area (Å²) < 4.78 is 14.0. The van der Waals surface area contributed by atoms with Gasteiger partial charge in [-0.05, 0) is 91.7 Å². The smallest absolute Gasteiger partial charge is 0.133 e. The van der Waals surface area contributed by atoms with Gasteiger partial charge in [0.05, 0.1) is 11.2 Å². The minimum Gasteiger partial charge on any atom is -0.508 e. The van der Waals surface area contributed by atoms with E-state index in [1.54, 1.807) is 12.1 Å². The first kappa shape index (κ1) is 19.7. The molecule has 0 bridgehead atoms. The van der Waals surface area contributed by atoms with Crippen LogP contribution in [-0.4, -0.2) is 17.0 Å². The molecular weight excluding hydrogens is 399 g/mol. The first-order chi connectivity index (χ1) is 14.5. The summed E-state index contributed by atoms with van der Waals surface area (Å²) in [5.41, 5.74) is 4.25. The maximum Gasteiger partial charge on any atom is 0.133 e. The van der Waals surface area contributed by atoms with Crippen LogP contribution in [0.5, 0.6) is 5.75 Å². The number of phenolic OH excluding ortho intramolecular Hbond substituents is 1. The zero-order chi connectivity index (χ0) is 20.9. The topological polar surface area (TPSA) is 45.0 Å².